The molecule has 34 heavy (non-hydrogen) atoms. The second kappa shape index (κ2) is 10.3. The summed E-state index contributed by atoms with van der Waals surface area (Å²) in [5, 5.41) is 15.0. The Labute approximate surface area is 196 Å². The lowest BCUT2D eigenvalue weighted by Gasteiger charge is -2.11. The van der Waals surface area contributed by atoms with Crippen molar-refractivity contribution in [1.82, 2.24) is 5.43 Å². The first kappa shape index (κ1) is 22.5. The lowest BCUT2D eigenvalue weighted by Crippen LogP contribution is -2.17. The summed E-state index contributed by atoms with van der Waals surface area (Å²) in [6.07, 6.45) is 1.52. The Hall–Kier alpha value is -4.65. The summed E-state index contributed by atoms with van der Waals surface area (Å²) in [5.74, 6) is -0.307. The summed E-state index contributed by atoms with van der Waals surface area (Å²) in [5.41, 5.74) is 4.74. The van der Waals surface area contributed by atoms with Gasteiger partial charge in [0.1, 0.15) is 6.61 Å². The highest BCUT2D eigenvalue weighted by molar-refractivity contribution is 6.07. The number of hydrazone groups is 1. The van der Waals surface area contributed by atoms with E-state index in [-0.39, 0.29) is 18.1 Å². The van der Waals surface area contributed by atoms with E-state index in [4.69, 9.17) is 14.6 Å². The minimum atomic E-state index is -0.990. The van der Waals surface area contributed by atoms with Crippen molar-refractivity contribution in [3.63, 3.8) is 0 Å². The number of rotatable bonds is 8. The van der Waals surface area contributed by atoms with Crippen molar-refractivity contribution < 1.29 is 24.2 Å². The molecular weight excluding hydrogens is 432 g/mol. The van der Waals surface area contributed by atoms with Crippen LogP contribution in [0.5, 0.6) is 11.5 Å². The van der Waals surface area contributed by atoms with Crippen molar-refractivity contribution in [2.75, 3.05) is 7.11 Å². The predicted molar refractivity (Wildman–Crippen MR) is 130 cm³/mol. The van der Waals surface area contributed by atoms with Crippen LogP contribution < -0.4 is 14.9 Å². The van der Waals surface area contributed by atoms with E-state index in [9.17, 15) is 9.59 Å². The van der Waals surface area contributed by atoms with Crippen molar-refractivity contribution >= 4 is 28.9 Å². The van der Waals surface area contributed by atoms with Gasteiger partial charge in [0.15, 0.2) is 11.5 Å². The van der Waals surface area contributed by atoms with Crippen molar-refractivity contribution in [2.45, 2.75) is 6.61 Å². The van der Waals surface area contributed by atoms with Crippen LogP contribution in [0, 0.1) is 0 Å². The van der Waals surface area contributed by atoms with Crippen LogP contribution in [-0.4, -0.2) is 30.3 Å². The molecule has 0 aliphatic heterocycles. The molecule has 0 spiro atoms. The molecule has 0 bridgehead atoms. The Morgan fingerprint density at radius 3 is 2.56 bits per heavy atom. The van der Waals surface area contributed by atoms with E-state index in [1.54, 1.807) is 42.5 Å². The van der Waals surface area contributed by atoms with Crippen LogP contribution in [0.3, 0.4) is 0 Å². The molecule has 4 aromatic rings. The number of amides is 1. The number of benzene rings is 4. The van der Waals surface area contributed by atoms with Crippen LogP contribution in [0.4, 0.5) is 0 Å². The van der Waals surface area contributed by atoms with Crippen molar-refractivity contribution in [3.8, 4) is 11.5 Å². The molecule has 1 amide bonds. The zero-order valence-electron chi connectivity index (χ0n) is 18.4. The van der Waals surface area contributed by atoms with Crippen LogP contribution >= 0.6 is 0 Å². The molecule has 0 aliphatic carbocycles. The lowest BCUT2D eigenvalue weighted by atomic mass is 10.0. The standard InChI is InChI=1S/C27H22N2O5/c1-33-25-15-18(12-13-24(25)34-17-19-6-4-9-21(14-19)27(31)32)16-28-29-26(30)23-11-5-8-20-7-2-3-10-22(20)23/h2-16H,17H2,1H3,(H,29,30)(H,31,32)/b28-16-. The Balaban J connectivity index is 1.42. The highest BCUT2D eigenvalue weighted by atomic mass is 16.5. The summed E-state index contributed by atoms with van der Waals surface area (Å²) in [4.78, 5) is 23.7. The molecule has 7 heteroatoms. The summed E-state index contributed by atoms with van der Waals surface area (Å²) in [6.45, 7) is 0.187. The third kappa shape index (κ3) is 5.21. The van der Waals surface area contributed by atoms with Gasteiger partial charge >= 0.3 is 5.97 Å². The van der Waals surface area contributed by atoms with Crippen LogP contribution in [0.1, 0.15) is 31.8 Å². The molecule has 0 radical (unpaired) electrons. The molecule has 2 N–H and O–H groups in total. The zero-order chi connectivity index (χ0) is 23.9. The number of hydrogen-bond acceptors (Lipinski definition) is 5. The molecule has 0 saturated carbocycles. The van der Waals surface area contributed by atoms with E-state index in [2.05, 4.69) is 10.5 Å². The van der Waals surface area contributed by atoms with Crippen molar-refractivity contribution in [3.05, 3.63) is 107 Å². The fourth-order valence-corrected chi connectivity index (χ4v) is 3.49. The third-order valence-corrected chi connectivity index (χ3v) is 5.17. The molecule has 0 unspecified atom stereocenters. The number of carbonyl (C=O) groups is 2. The van der Waals surface area contributed by atoms with Crippen LogP contribution in [0.15, 0.2) is 90.0 Å². The van der Waals surface area contributed by atoms with E-state index in [0.29, 0.717) is 22.6 Å². The molecule has 0 saturated heterocycles. The van der Waals surface area contributed by atoms with Gasteiger partial charge in [-0.25, -0.2) is 10.2 Å². The Kier molecular flexibility index (Phi) is 6.84. The van der Waals surface area contributed by atoms with E-state index in [1.807, 2.05) is 36.4 Å². The Bertz CT molecular complexity index is 1380. The van der Waals surface area contributed by atoms with Gasteiger partial charge in [-0.1, -0.05) is 48.5 Å². The molecule has 4 rings (SSSR count). The number of nitrogens with zero attached hydrogens (tertiary/aromatic N) is 1. The first-order valence-electron chi connectivity index (χ1n) is 10.5. The maximum atomic E-state index is 12.6. The van der Waals surface area contributed by atoms with E-state index < -0.39 is 5.97 Å². The maximum Gasteiger partial charge on any atom is 0.335 e. The average molecular weight is 454 g/mol. The number of carboxylic acids is 1. The van der Waals surface area contributed by atoms with Gasteiger partial charge in [0.05, 0.1) is 18.9 Å². The van der Waals surface area contributed by atoms with Gasteiger partial charge in [0.25, 0.3) is 5.91 Å². The third-order valence-electron chi connectivity index (χ3n) is 5.17. The van der Waals surface area contributed by atoms with Gasteiger partial charge in [-0.15, -0.1) is 0 Å². The number of aromatic carboxylic acids is 1. The van der Waals surface area contributed by atoms with Crippen molar-refractivity contribution in [2.24, 2.45) is 5.10 Å². The minimum absolute atomic E-state index is 0.187. The number of nitrogens with one attached hydrogen (secondary N) is 1. The highest BCUT2D eigenvalue weighted by Gasteiger charge is 2.10. The fraction of sp³-hybridized carbons (Fsp3) is 0.0741. The monoisotopic (exact) mass is 454 g/mol. The molecule has 0 heterocycles. The van der Waals surface area contributed by atoms with Crippen LogP contribution in [0.25, 0.3) is 10.8 Å². The fourth-order valence-electron chi connectivity index (χ4n) is 3.49. The van der Waals surface area contributed by atoms with Gasteiger partial charge in [-0.2, -0.15) is 5.10 Å². The largest absolute Gasteiger partial charge is 0.493 e. The molecule has 0 fully saturated rings. The summed E-state index contributed by atoms with van der Waals surface area (Å²) in [7, 11) is 1.52. The van der Waals surface area contributed by atoms with Gasteiger partial charge < -0.3 is 14.6 Å². The normalized spacial score (nSPS) is 10.9. The van der Waals surface area contributed by atoms with Crippen LogP contribution in [-0.2, 0) is 6.61 Å². The smallest absolute Gasteiger partial charge is 0.335 e. The number of fused-ring (bicyclic) bond motifs is 1. The topological polar surface area (TPSA) is 97.2 Å². The summed E-state index contributed by atoms with van der Waals surface area (Å²) in [6, 6.07) is 25.0. The second-order valence-electron chi connectivity index (χ2n) is 7.43. The predicted octanol–water partition coefficient (Wildman–Crippen LogP) is 4.89. The van der Waals surface area contributed by atoms with Gasteiger partial charge in [-0.3, -0.25) is 4.79 Å². The molecule has 7 nitrogen and oxygen atoms in total. The number of hydrogen-bond donors (Lipinski definition) is 2. The summed E-state index contributed by atoms with van der Waals surface area (Å²) < 4.78 is 11.2. The number of ether oxygens (including phenoxy) is 2. The second-order valence-corrected chi connectivity index (χ2v) is 7.43. The Morgan fingerprint density at radius 2 is 1.74 bits per heavy atom. The molecule has 170 valence electrons. The first-order valence-corrected chi connectivity index (χ1v) is 10.5. The van der Waals surface area contributed by atoms with E-state index in [1.165, 1.54) is 19.4 Å². The quantitative estimate of drug-likeness (QED) is 0.292. The van der Waals surface area contributed by atoms with Gasteiger partial charge in [0, 0.05) is 5.56 Å². The number of carbonyl (C=O) groups excluding carboxylic acids is 1. The molecule has 0 aliphatic rings. The van der Waals surface area contributed by atoms with Gasteiger partial charge in [-0.05, 0) is 58.3 Å². The molecule has 4 aromatic carbocycles. The summed E-state index contributed by atoms with van der Waals surface area (Å²) >= 11 is 0. The minimum Gasteiger partial charge on any atom is -0.493 e. The molecule has 0 aromatic heterocycles. The lowest BCUT2D eigenvalue weighted by molar-refractivity contribution is 0.0696. The average Bonchev–Trinajstić information content (AvgIpc) is 2.87. The first-order chi connectivity index (χ1) is 16.5. The van der Waals surface area contributed by atoms with E-state index >= 15 is 0 Å². The molecular formula is C27H22N2O5. The van der Waals surface area contributed by atoms with Crippen LogP contribution in [0.2, 0.25) is 0 Å². The molecule has 0 atom stereocenters. The van der Waals surface area contributed by atoms with Gasteiger partial charge in [0.2, 0.25) is 0 Å². The van der Waals surface area contributed by atoms with E-state index in [0.717, 1.165) is 16.3 Å². The number of carboxylic acid groups (broad SMARTS) is 1. The Morgan fingerprint density at radius 1 is 0.941 bits per heavy atom. The zero-order valence-corrected chi connectivity index (χ0v) is 18.4. The SMILES string of the molecule is COc1cc(/C=N\NC(=O)c2cccc3ccccc23)ccc1OCc1cccc(C(=O)O)c1. The highest BCUT2D eigenvalue weighted by Crippen LogP contribution is 2.28. The van der Waals surface area contributed by atoms with Crippen molar-refractivity contribution in [1.29, 1.82) is 0 Å². The maximum absolute atomic E-state index is 12.6. The number of methoxy groups -OCH3 is 1.